The van der Waals surface area contributed by atoms with Gasteiger partial charge in [-0.15, -0.1) is 0 Å². The van der Waals surface area contributed by atoms with E-state index in [1.54, 1.807) is 4.90 Å². The number of rotatable bonds is 5. The lowest BCUT2D eigenvalue weighted by atomic mass is 10.2. The average molecular weight is 266 g/mol. The summed E-state index contributed by atoms with van der Waals surface area (Å²) in [4.78, 5) is 3.08. The zero-order chi connectivity index (χ0) is 13.7. The van der Waals surface area contributed by atoms with Gasteiger partial charge in [-0.25, -0.2) is 0 Å². The first-order valence-corrected chi connectivity index (χ1v) is 7.16. The molecule has 1 aliphatic rings. The van der Waals surface area contributed by atoms with E-state index in [0.29, 0.717) is 6.61 Å². The molecule has 1 fully saturated rings. The van der Waals surface area contributed by atoms with Crippen molar-refractivity contribution in [2.24, 2.45) is 0 Å². The highest BCUT2D eigenvalue weighted by atomic mass is 16.5. The summed E-state index contributed by atoms with van der Waals surface area (Å²) in [5.41, 5.74) is 1.18. The molecule has 0 aromatic heterocycles. The molecular weight excluding hydrogens is 240 g/mol. The summed E-state index contributed by atoms with van der Waals surface area (Å²) in [6.45, 7) is 7.90. The van der Waals surface area contributed by atoms with Crippen LogP contribution in [0.1, 0.15) is 5.56 Å². The van der Waals surface area contributed by atoms with Crippen LogP contribution in [0.2, 0.25) is 0 Å². The van der Waals surface area contributed by atoms with Crippen LogP contribution in [0, 0.1) is 6.92 Å². The van der Waals surface area contributed by atoms with Crippen molar-refractivity contribution >= 4 is 0 Å². The minimum Gasteiger partial charge on any atom is -0.491 e. The van der Waals surface area contributed by atoms with Crippen molar-refractivity contribution in [2.45, 2.75) is 13.0 Å². The summed E-state index contributed by atoms with van der Waals surface area (Å²) in [7, 11) is 2.23. The van der Waals surface area contributed by atoms with E-state index >= 15 is 0 Å². The predicted molar refractivity (Wildman–Crippen MR) is 74.9 cm³/mol. The second kappa shape index (κ2) is 6.89. The van der Waals surface area contributed by atoms with Crippen molar-refractivity contribution in [2.75, 3.05) is 46.4 Å². The molecule has 1 heterocycles. The maximum Gasteiger partial charge on any atom is 0.137 e. The van der Waals surface area contributed by atoms with Gasteiger partial charge in [0.1, 0.15) is 51.2 Å². The summed E-state index contributed by atoms with van der Waals surface area (Å²) in [6, 6.07) is 7.95. The highest BCUT2D eigenvalue weighted by Gasteiger charge is 2.22. The molecule has 1 aromatic carbocycles. The Balaban J connectivity index is 1.71. The molecule has 106 valence electrons. The van der Waals surface area contributed by atoms with Gasteiger partial charge in [0.05, 0.1) is 7.05 Å². The zero-order valence-corrected chi connectivity index (χ0v) is 12.0. The summed E-state index contributed by atoms with van der Waals surface area (Å²) in [6.07, 6.45) is -0.381. The van der Waals surface area contributed by atoms with Crippen molar-refractivity contribution < 1.29 is 19.6 Å². The van der Waals surface area contributed by atoms with Crippen LogP contribution in [0.4, 0.5) is 0 Å². The van der Waals surface area contributed by atoms with Crippen LogP contribution in [-0.4, -0.2) is 57.6 Å². The van der Waals surface area contributed by atoms with E-state index in [0.717, 1.165) is 25.4 Å². The SMILES string of the molecule is Cc1cccc(OC[C@H](O)C[NH+]2CC[NH+](C)CC2)c1. The van der Waals surface area contributed by atoms with Crippen LogP contribution in [0.3, 0.4) is 0 Å². The fraction of sp³-hybridized carbons (Fsp3) is 0.600. The highest BCUT2D eigenvalue weighted by Crippen LogP contribution is 2.12. The van der Waals surface area contributed by atoms with E-state index in [1.807, 2.05) is 31.2 Å². The van der Waals surface area contributed by atoms with Gasteiger partial charge in [-0.2, -0.15) is 0 Å². The number of benzene rings is 1. The topological polar surface area (TPSA) is 38.3 Å². The molecule has 3 N–H and O–H groups in total. The summed E-state index contributed by atoms with van der Waals surface area (Å²) in [5.74, 6) is 0.844. The molecule has 0 saturated carbocycles. The summed E-state index contributed by atoms with van der Waals surface area (Å²) >= 11 is 0. The smallest absolute Gasteiger partial charge is 0.137 e. The first-order valence-electron chi connectivity index (χ1n) is 7.16. The number of piperazine rings is 1. The van der Waals surface area contributed by atoms with Gasteiger partial charge >= 0.3 is 0 Å². The lowest BCUT2D eigenvalue weighted by Crippen LogP contribution is -3.27. The van der Waals surface area contributed by atoms with Crippen molar-refractivity contribution in [1.82, 2.24) is 0 Å². The van der Waals surface area contributed by atoms with Crippen molar-refractivity contribution in [1.29, 1.82) is 0 Å². The molecule has 0 radical (unpaired) electrons. The number of aliphatic hydroxyl groups excluding tert-OH is 1. The molecule has 0 bridgehead atoms. The van der Waals surface area contributed by atoms with Gasteiger partial charge < -0.3 is 19.6 Å². The molecule has 19 heavy (non-hydrogen) atoms. The Bertz CT molecular complexity index is 389. The second-order valence-electron chi connectivity index (χ2n) is 5.69. The Hall–Kier alpha value is -1.10. The number of hydrogen-bond donors (Lipinski definition) is 3. The standard InChI is InChI=1S/C15H24N2O2/c1-13-4-3-5-15(10-13)19-12-14(18)11-17-8-6-16(2)7-9-17/h3-5,10,14,18H,6-9,11-12H2,1-2H3/p+2/t14-/m1/s1. The van der Waals surface area contributed by atoms with E-state index < -0.39 is 0 Å². The maximum absolute atomic E-state index is 10.0. The lowest BCUT2D eigenvalue weighted by Gasteiger charge is -2.28. The number of nitrogens with one attached hydrogen (secondary N) is 2. The molecular formula is C15H26N2O2+2. The van der Waals surface area contributed by atoms with E-state index in [2.05, 4.69) is 7.05 Å². The quantitative estimate of drug-likeness (QED) is 0.585. The van der Waals surface area contributed by atoms with Crippen LogP contribution >= 0.6 is 0 Å². The Morgan fingerprint density at radius 2 is 2.00 bits per heavy atom. The first kappa shape index (κ1) is 14.3. The Morgan fingerprint density at radius 1 is 1.26 bits per heavy atom. The molecule has 0 spiro atoms. The molecule has 1 saturated heterocycles. The van der Waals surface area contributed by atoms with Gasteiger partial charge in [0, 0.05) is 0 Å². The normalized spacial score (nSPS) is 25.0. The van der Waals surface area contributed by atoms with Gasteiger partial charge in [0.25, 0.3) is 0 Å². The fourth-order valence-electron chi connectivity index (χ4n) is 2.52. The molecule has 0 aliphatic carbocycles. The van der Waals surface area contributed by atoms with Gasteiger partial charge in [0.2, 0.25) is 0 Å². The predicted octanol–water partition coefficient (Wildman–Crippen LogP) is -1.85. The Morgan fingerprint density at radius 3 is 2.68 bits per heavy atom. The van der Waals surface area contributed by atoms with Crippen LogP contribution in [0.15, 0.2) is 24.3 Å². The molecule has 0 amide bonds. The second-order valence-corrected chi connectivity index (χ2v) is 5.69. The number of quaternary nitrogens is 2. The van der Waals surface area contributed by atoms with Gasteiger partial charge in [0.15, 0.2) is 0 Å². The lowest BCUT2D eigenvalue weighted by molar-refractivity contribution is -1.00. The first-order chi connectivity index (χ1) is 9.13. The van der Waals surface area contributed by atoms with Crippen LogP contribution < -0.4 is 14.5 Å². The van der Waals surface area contributed by atoms with Gasteiger partial charge in [-0.05, 0) is 24.6 Å². The van der Waals surface area contributed by atoms with E-state index in [-0.39, 0.29) is 6.10 Å². The van der Waals surface area contributed by atoms with E-state index in [1.165, 1.54) is 23.6 Å². The molecule has 4 heteroatoms. The monoisotopic (exact) mass is 266 g/mol. The molecule has 2 rings (SSSR count). The molecule has 1 aromatic rings. The molecule has 1 aliphatic heterocycles. The minimum absolute atomic E-state index is 0.381. The average Bonchev–Trinajstić information content (AvgIpc) is 2.39. The minimum atomic E-state index is -0.381. The van der Waals surface area contributed by atoms with Gasteiger partial charge in [-0.3, -0.25) is 0 Å². The Labute approximate surface area is 115 Å². The number of hydrogen-bond acceptors (Lipinski definition) is 2. The maximum atomic E-state index is 10.0. The molecule has 0 unspecified atom stereocenters. The fourth-order valence-corrected chi connectivity index (χ4v) is 2.52. The third-order valence-electron chi connectivity index (χ3n) is 3.77. The third kappa shape index (κ3) is 4.82. The van der Waals surface area contributed by atoms with Crippen LogP contribution in [0.25, 0.3) is 0 Å². The van der Waals surface area contributed by atoms with Crippen molar-refractivity contribution in [3.8, 4) is 5.75 Å². The van der Waals surface area contributed by atoms with Gasteiger partial charge in [-0.1, -0.05) is 12.1 Å². The Kier molecular flexibility index (Phi) is 5.19. The number of aryl methyl sites for hydroxylation is 1. The zero-order valence-electron chi connectivity index (χ0n) is 12.0. The number of aliphatic hydroxyl groups is 1. The summed E-state index contributed by atoms with van der Waals surface area (Å²) in [5, 5.41) is 10.0. The highest BCUT2D eigenvalue weighted by molar-refractivity contribution is 5.27. The van der Waals surface area contributed by atoms with Crippen LogP contribution in [0.5, 0.6) is 5.75 Å². The number of likely N-dealkylation sites (N-methyl/N-ethyl adjacent to an activating group) is 1. The molecule has 4 nitrogen and oxygen atoms in total. The molecule has 1 atom stereocenters. The third-order valence-corrected chi connectivity index (χ3v) is 3.77. The van der Waals surface area contributed by atoms with E-state index in [4.69, 9.17) is 4.74 Å². The van der Waals surface area contributed by atoms with Crippen molar-refractivity contribution in [3.05, 3.63) is 29.8 Å². The number of ether oxygens (including phenoxy) is 1. The van der Waals surface area contributed by atoms with Crippen LogP contribution in [-0.2, 0) is 0 Å². The van der Waals surface area contributed by atoms with Crippen molar-refractivity contribution in [3.63, 3.8) is 0 Å². The largest absolute Gasteiger partial charge is 0.491 e. The van der Waals surface area contributed by atoms with E-state index in [9.17, 15) is 5.11 Å². The summed E-state index contributed by atoms with van der Waals surface area (Å²) < 4.78 is 5.64.